The quantitative estimate of drug-likeness (QED) is 0.389. The second kappa shape index (κ2) is 8.99. The van der Waals surface area contributed by atoms with Crippen LogP contribution in [-0.4, -0.2) is 36.4 Å². The SMILES string of the molecule is COc1ccc(CC(=O)N/N=C\c2cc(Br)cc([N+](=O)[O-])c2O)cc1OC. The molecule has 1 amide bonds. The van der Waals surface area contributed by atoms with E-state index in [0.29, 0.717) is 21.5 Å². The molecule has 2 aromatic rings. The van der Waals surface area contributed by atoms with Crippen LogP contribution in [0, 0.1) is 10.1 Å². The number of nitrogens with one attached hydrogen (secondary N) is 1. The highest BCUT2D eigenvalue weighted by Gasteiger charge is 2.17. The minimum absolute atomic E-state index is 0.0301. The summed E-state index contributed by atoms with van der Waals surface area (Å²) in [5, 5.41) is 24.5. The first-order valence-corrected chi connectivity index (χ1v) is 8.34. The highest BCUT2D eigenvalue weighted by atomic mass is 79.9. The fraction of sp³-hybridized carbons (Fsp3) is 0.176. The number of ether oxygens (including phenoxy) is 2. The van der Waals surface area contributed by atoms with E-state index in [1.165, 1.54) is 26.4 Å². The van der Waals surface area contributed by atoms with Gasteiger partial charge >= 0.3 is 5.69 Å². The second-order valence-corrected chi connectivity index (χ2v) is 6.19. The Labute approximate surface area is 162 Å². The summed E-state index contributed by atoms with van der Waals surface area (Å²) in [5.74, 6) is 0.0904. The van der Waals surface area contributed by atoms with Crippen LogP contribution in [0.25, 0.3) is 0 Å². The van der Waals surface area contributed by atoms with Gasteiger partial charge in [-0.3, -0.25) is 14.9 Å². The molecule has 0 aliphatic heterocycles. The van der Waals surface area contributed by atoms with Crippen LogP contribution in [0.15, 0.2) is 39.9 Å². The molecule has 27 heavy (non-hydrogen) atoms. The highest BCUT2D eigenvalue weighted by Crippen LogP contribution is 2.32. The molecular formula is C17H16BrN3O6. The lowest BCUT2D eigenvalue weighted by atomic mass is 10.1. The minimum atomic E-state index is -0.715. The predicted octanol–water partition coefficient (Wildman–Crippen LogP) is 2.77. The predicted molar refractivity (Wildman–Crippen MR) is 101 cm³/mol. The Hall–Kier alpha value is -3.14. The van der Waals surface area contributed by atoms with E-state index in [1.807, 2.05) is 0 Å². The zero-order valence-corrected chi connectivity index (χ0v) is 16.0. The van der Waals surface area contributed by atoms with E-state index >= 15 is 0 Å². The number of halogens is 1. The molecule has 0 unspecified atom stereocenters. The molecule has 2 aromatic carbocycles. The number of nitrogens with zero attached hydrogens (tertiary/aromatic N) is 2. The number of methoxy groups -OCH3 is 2. The fourth-order valence-electron chi connectivity index (χ4n) is 2.23. The van der Waals surface area contributed by atoms with E-state index in [9.17, 15) is 20.0 Å². The van der Waals surface area contributed by atoms with Crippen molar-refractivity contribution in [3.05, 3.63) is 56.0 Å². The molecule has 0 aliphatic rings. The average Bonchev–Trinajstić information content (AvgIpc) is 2.63. The maximum atomic E-state index is 12.0. The number of hydrogen-bond acceptors (Lipinski definition) is 7. The molecule has 0 atom stereocenters. The van der Waals surface area contributed by atoms with E-state index in [1.54, 1.807) is 18.2 Å². The number of aromatic hydroxyl groups is 1. The molecule has 0 fully saturated rings. The molecule has 10 heteroatoms. The third-order valence-electron chi connectivity index (χ3n) is 3.49. The molecule has 142 valence electrons. The van der Waals surface area contributed by atoms with E-state index < -0.39 is 22.3 Å². The van der Waals surface area contributed by atoms with E-state index in [-0.39, 0.29) is 12.0 Å². The van der Waals surface area contributed by atoms with Crippen molar-refractivity contribution in [2.75, 3.05) is 14.2 Å². The number of phenolic OH excluding ortho intramolecular Hbond substituents is 1. The lowest BCUT2D eigenvalue weighted by Crippen LogP contribution is -2.19. The zero-order chi connectivity index (χ0) is 20.0. The molecule has 0 heterocycles. The molecule has 2 rings (SSSR count). The molecule has 0 aromatic heterocycles. The van der Waals surface area contributed by atoms with Crippen molar-refractivity contribution in [3.63, 3.8) is 0 Å². The number of phenols is 1. The third kappa shape index (κ3) is 5.17. The molecule has 0 saturated carbocycles. The lowest BCUT2D eigenvalue weighted by Gasteiger charge is -2.09. The fourth-order valence-corrected chi connectivity index (χ4v) is 2.70. The first-order chi connectivity index (χ1) is 12.8. The Morgan fingerprint density at radius 3 is 2.63 bits per heavy atom. The van der Waals surface area contributed by atoms with E-state index in [0.717, 1.165) is 6.21 Å². The van der Waals surface area contributed by atoms with Crippen LogP contribution < -0.4 is 14.9 Å². The maximum absolute atomic E-state index is 12.0. The highest BCUT2D eigenvalue weighted by molar-refractivity contribution is 9.10. The summed E-state index contributed by atoms with van der Waals surface area (Å²) in [4.78, 5) is 22.2. The number of amides is 1. The molecule has 0 bridgehead atoms. The van der Waals surface area contributed by atoms with Gasteiger partial charge in [0, 0.05) is 16.1 Å². The van der Waals surface area contributed by atoms with Crippen molar-refractivity contribution in [1.82, 2.24) is 5.43 Å². The van der Waals surface area contributed by atoms with Gasteiger partial charge in [-0.25, -0.2) is 5.43 Å². The van der Waals surface area contributed by atoms with Crippen molar-refractivity contribution < 1.29 is 24.3 Å². The van der Waals surface area contributed by atoms with Crippen molar-refractivity contribution in [3.8, 4) is 17.2 Å². The van der Waals surface area contributed by atoms with Gasteiger partial charge in [0.25, 0.3) is 0 Å². The van der Waals surface area contributed by atoms with Gasteiger partial charge in [0.1, 0.15) is 0 Å². The van der Waals surface area contributed by atoms with Crippen LogP contribution in [0.1, 0.15) is 11.1 Å². The Morgan fingerprint density at radius 2 is 2.00 bits per heavy atom. The number of carbonyl (C=O) groups is 1. The van der Waals surface area contributed by atoms with Crippen LogP contribution in [0.2, 0.25) is 0 Å². The second-order valence-electron chi connectivity index (χ2n) is 5.28. The summed E-state index contributed by atoms with van der Waals surface area (Å²) in [7, 11) is 3.01. The molecule has 0 saturated heterocycles. The zero-order valence-electron chi connectivity index (χ0n) is 14.4. The molecule has 2 N–H and O–H groups in total. The first kappa shape index (κ1) is 20.2. The summed E-state index contributed by atoms with van der Waals surface area (Å²) in [6, 6.07) is 7.68. The number of carbonyl (C=O) groups excluding carboxylic acids is 1. The van der Waals surface area contributed by atoms with Crippen LogP contribution in [0.4, 0.5) is 5.69 Å². The summed E-state index contributed by atoms with van der Waals surface area (Å²) in [5.41, 5.74) is 2.60. The lowest BCUT2D eigenvalue weighted by molar-refractivity contribution is -0.385. The van der Waals surface area contributed by atoms with Gasteiger partial charge in [-0.05, 0) is 23.8 Å². The Morgan fingerprint density at radius 1 is 1.30 bits per heavy atom. The number of hydrazone groups is 1. The molecule has 0 radical (unpaired) electrons. The van der Waals surface area contributed by atoms with Gasteiger partial charge in [-0.15, -0.1) is 0 Å². The third-order valence-corrected chi connectivity index (χ3v) is 3.94. The number of benzene rings is 2. The van der Waals surface area contributed by atoms with Gasteiger partial charge in [-0.1, -0.05) is 22.0 Å². The van der Waals surface area contributed by atoms with Crippen LogP contribution >= 0.6 is 15.9 Å². The van der Waals surface area contributed by atoms with Crippen LogP contribution in [0.5, 0.6) is 17.2 Å². The Bertz CT molecular complexity index is 900. The van der Waals surface area contributed by atoms with E-state index in [2.05, 4.69) is 26.5 Å². The van der Waals surface area contributed by atoms with Crippen molar-refractivity contribution in [2.24, 2.45) is 5.10 Å². The topological polar surface area (TPSA) is 123 Å². The number of nitro benzene ring substituents is 1. The maximum Gasteiger partial charge on any atom is 0.312 e. The van der Waals surface area contributed by atoms with Crippen LogP contribution in [0.3, 0.4) is 0 Å². The average molecular weight is 438 g/mol. The molecule has 9 nitrogen and oxygen atoms in total. The van der Waals surface area contributed by atoms with Crippen molar-refractivity contribution in [2.45, 2.75) is 6.42 Å². The largest absolute Gasteiger partial charge is 0.502 e. The molecular weight excluding hydrogens is 422 g/mol. The molecule has 0 spiro atoms. The van der Waals surface area contributed by atoms with Gasteiger partial charge in [0.05, 0.1) is 31.8 Å². The number of rotatable bonds is 7. The minimum Gasteiger partial charge on any atom is -0.502 e. The van der Waals surface area contributed by atoms with E-state index in [4.69, 9.17) is 9.47 Å². The monoisotopic (exact) mass is 437 g/mol. The van der Waals surface area contributed by atoms with Gasteiger partial charge in [-0.2, -0.15) is 5.10 Å². The Kier molecular flexibility index (Phi) is 6.72. The normalized spacial score (nSPS) is 10.6. The molecule has 0 aliphatic carbocycles. The van der Waals surface area contributed by atoms with Gasteiger partial charge < -0.3 is 14.6 Å². The van der Waals surface area contributed by atoms with Gasteiger partial charge in [0.2, 0.25) is 11.7 Å². The standard InChI is InChI=1S/C17H16BrN3O6/c1-26-14-4-3-10(5-15(14)27-2)6-16(22)20-19-9-11-7-12(18)8-13(17(11)23)21(24)25/h3-5,7-9,23H,6H2,1-2H3,(H,20,22)/b19-9-. The summed E-state index contributed by atoms with van der Waals surface area (Å²) in [6.45, 7) is 0. The summed E-state index contributed by atoms with van der Waals surface area (Å²) in [6.07, 6.45) is 1.15. The smallest absolute Gasteiger partial charge is 0.312 e. The van der Waals surface area contributed by atoms with Crippen LogP contribution in [-0.2, 0) is 11.2 Å². The first-order valence-electron chi connectivity index (χ1n) is 7.55. The number of nitro groups is 1. The number of hydrogen-bond donors (Lipinski definition) is 2. The summed E-state index contributed by atoms with van der Waals surface area (Å²) >= 11 is 3.12. The van der Waals surface area contributed by atoms with Crippen molar-refractivity contribution >= 4 is 33.7 Å². The van der Waals surface area contributed by atoms with Gasteiger partial charge in [0.15, 0.2) is 11.5 Å². The summed E-state index contributed by atoms with van der Waals surface area (Å²) < 4.78 is 10.7. The van der Waals surface area contributed by atoms with Crippen molar-refractivity contribution in [1.29, 1.82) is 0 Å². The Balaban J connectivity index is 2.07.